The Morgan fingerprint density at radius 1 is 0.373 bits per heavy atom. The number of amides is 1. The highest BCUT2D eigenvalue weighted by molar-refractivity contribution is 5.76. The molecule has 6 nitrogen and oxygen atoms in total. The normalized spacial score (nSPS) is 12.7. The van der Waals surface area contributed by atoms with E-state index in [2.05, 4.69) is 43.5 Å². The van der Waals surface area contributed by atoms with Crippen molar-refractivity contribution in [1.82, 2.24) is 5.32 Å². The number of esters is 1. The number of unbranched alkanes of at least 4 members (excludes halogenated alkanes) is 48. The minimum absolute atomic E-state index is 0.00442. The van der Waals surface area contributed by atoms with Gasteiger partial charge < -0.3 is 20.3 Å². The third kappa shape index (κ3) is 61.2. The van der Waals surface area contributed by atoms with Gasteiger partial charge in [0.15, 0.2) is 0 Å². The standard InChI is InChI=1S/C69H131NO5/c1-3-5-7-9-11-13-15-17-19-35-39-43-47-51-55-59-63-69(74)75-64-60-56-52-48-44-40-36-32-30-28-26-24-22-20-21-23-25-27-29-31-34-38-42-46-50-54-58-62-68(73)70-66(65-71)67(72)61-57-53-49-45-41-37-33-18-16-14-12-10-8-6-4-2/h13,15,19,35,57,61,66-67,71-72H,3-12,14,16-18,20-34,36-56,58-60,62-65H2,1-2H3,(H,70,73)/b15-13-,35-19-,61-57+. The molecular formula is C69H131NO5. The van der Waals surface area contributed by atoms with E-state index in [1.54, 1.807) is 6.08 Å². The molecule has 2 unspecified atom stereocenters. The fourth-order valence-corrected chi connectivity index (χ4v) is 10.5. The van der Waals surface area contributed by atoms with E-state index in [-0.39, 0.29) is 18.5 Å². The van der Waals surface area contributed by atoms with Crippen LogP contribution in [0.2, 0.25) is 0 Å². The van der Waals surface area contributed by atoms with Crippen LogP contribution >= 0.6 is 0 Å². The van der Waals surface area contributed by atoms with Crippen LogP contribution in [0.15, 0.2) is 36.5 Å². The van der Waals surface area contributed by atoms with Crippen molar-refractivity contribution in [1.29, 1.82) is 0 Å². The van der Waals surface area contributed by atoms with Crippen LogP contribution in [0.5, 0.6) is 0 Å². The van der Waals surface area contributed by atoms with Gasteiger partial charge in [-0.1, -0.05) is 326 Å². The Kier molecular flexibility index (Phi) is 63.0. The number of carbonyl (C=O) groups is 2. The molecule has 0 heterocycles. The molecule has 75 heavy (non-hydrogen) atoms. The van der Waals surface area contributed by atoms with Gasteiger partial charge in [0.25, 0.3) is 0 Å². The second-order valence-corrected chi connectivity index (χ2v) is 23.2. The van der Waals surface area contributed by atoms with Crippen molar-refractivity contribution in [2.24, 2.45) is 0 Å². The van der Waals surface area contributed by atoms with Gasteiger partial charge in [-0.15, -0.1) is 0 Å². The van der Waals surface area contributed by atoms with Crippen molar-refractivity contribution in [2.75, 3.05) is 13.2 Å². The number of aliphatic hydroxyl groups is 2. The maximum Gasteiger partial charge on any atom is 0.305 e. The third-order valence-corrected chi connectivity index (χ3v) is 15.7. The lowest BCUT2D eigenvalue weighted by Gasteiger charge is -2.20. The molecule has 6 heteroatoms. The third-order valence-electron chi connectivity index (χ3n) is 15.7. The average molecular weight is 1050 g/mol. The summed E-state index contributed by atoms with van der Waals surface area (Å²) < 4.78 is 5.49. The molecule has 0 aromatic rings. The van der Waals surface area contributed by atoms with Gasteiger partial charge in [-0.05, 0) is 64.2 Å². The number of aliphatic hydroxyl groups excluding tert-OH is 2. The smallest absolute Gasteiger partial charge is 0.305 e. The monoisotopic (exact) mass is 1050 g/mol. The zero-order valence-electron chi connectivity index (χ0n) is 50.5. The van der Waals surface area contributed by atoms with E-state index in [4.69, 9.17) is 4.74 Å². The van der Waals surface area contributed by atoms with Crippen LogP contribution in [-0.4, -0.2) is 47.4 Å². The van der Waals surface area contributed by atoms with Crippen LogP contribution < -0.4 is 5.32 Å². The van der Waals surface area contributed by atoms with Crippen molar-refractivity contribution < 1.29 is 24.5 Å². The second kappa shape index (κ2) is 64.6. The molecule has 0 rings (SSSR count). The van der Waals surface area contributed by atoms with Gasteiger partial charge in [-0.2, -0.15) is 0 Å². The van der Waals surface area contributed by atoms with Crippen LogP contribution in [0.1, 0.15) is 367 Å². The number of hydrogen-bond acceptors (Lipinski definition) is 5. The van der Waals surface area contributed by atoms with Gasteiger partial charge >= 0.3 is 5.97 Å². The number of carbonyl (C=O) groups excluding carboxylic acids is 2. The quantitative estimate of drug-likeness (QED) is 0.0320. The summed E-state index contributed by atoms with van der Waals surface area (Å²) in [6.07, 6.45) is 82.1. The van der Waals surface area contributed by atoms with Crippen LogP contribution in [0, 0.1) is 0 Å². The van der Waals surface area contributed by atoms with E-state index in [9.17, 15) is 19.8 Å². The molecule has 0 bridgehead atoms. The molecule has 0 aromatic carbocycles. The number of ether oxygens (including phenoxy) is 1. The molecule has 442 valence electrons. The topological polar surface area (TPSA) is 95.9 Å². The lowest BCUT2D eigenvalue weighted by atomic mass is 10.0. The van der Waals surface area contributed by atoms with Gasteiger partial charge in [-0.25, -0.2) is 0 Å². The summed E-state index contributed by atoms with van der Waals surface area (Å²) in [5.74, 6) is -0.0591. The Morgan fingerprint density at radius 2 is 0.667 bits per heavy atom. The Hall–Kier alpha value is -1.92. The van der Waals surface area contributed by atoms with Crippen molar-refractivity contribution >= 4 is 11.9 Å². The molecule has 0 aliphatic heterocycles. The predicted octanol–water partition coefficient (Wildman–Crippen LogP) is 21.5. The number of hydrogen-bond donors (Lipinski definition) is 3. The largest absolute Gasteiger partial charge is 0.466 e. The molecule has 0 saturated heterocycles. The van der Waals surface area contributed by atoms with Crippen LogP contribution in [-0.2, 0) is 14.3 Å². The van der Waals surface area contributed by atoms with Crippen LogP contribution in [0.25, 0.3) is 0 Å². The van der Waals surface area contributed by atoms with Crippen molar-refractivity contribution in [3.63, 3.8) is 0 Å². The molecule has 0 aliphatic carbocycles. The Bertz CT molecular complexity index is 1210. The summed E-state index contributed by atoms with van der Waals surface area (Å²) in [6, 6.07) is -0.626. The lowest BCUT2D eigenvalue weighted by Crippen LogP contribution is -2.45. The van der Waals surface area contributed by atoms with E-state index in [0.717, 1.165) is 51.4 Å². The fraction of sp³-hybridized carbons (Fsp3) is 0.884. The fourth-order valence-electron chi connectivity index (χ4n) is 10.5. The van der Waals surface area contributed by atoms with Gasteiger partial charge in [0.1, 0.15) is 0 Å². The highest BCUT2D eigenvalue weighted by atomic mass is 16.5. The molecule has 0 saturated carbocycles. The first kappa shape index (κ1) is 73.1. The van der Waals surface area contributed by atoms with Crippen LogP contribution in [0.4, 0.5) is 0 Å². The minimum Gasteiger partial charge on any atom is -0.466 e. The molecule has 0 aromatic heterocycles. The number of rotatable bonds is 63. The maximum atomic E-state index is 12.5. The molecule has 0 aliphatic rings. The minimum atomic E-state index is -0.842. The molecule has 3 N–H and O–H groups in total. The van der Waals surface area contributed by atoms with Gasteiger partial charge in [0.05, 0.1) is 25.4 Å². The molecule has 0 spiro atoms. The second-order valence-electron chi connectivity index (χ2n) is 23.2. The summed E-state index contributed by atoms with van der Waals surface area (Å²) in [7, 11) is 0. The highest BCUT2D eigenvalue weighted by Crippen LogP contribution is 2.18. The van der Waals surface area contributed by atoms with E-state index < -0.39 is 12.1 Å². The summed E-state index contributed by atoms with van der Waals surface area (Å²) in [5, 5.41) is 23.2. The first-order valence-electron chi connectivity index (χ1n) is 33.8. The zero-order chi connectivity index (χ0) is 54.3. The molecular weight excluding hydrogens is 923 g/mol. The van der Waals surface area contributed by atoms with Crippen molar-refractivity contribution in [3.8, 4) is 0 Å². The van der Waals surface area contributed by atoms with Gasteiger partial charge in [0.2, 0.25) is 5.91 Å². The molecule has 1 amide bonds. The average Bonchev–Trinajstić information content (AvgIpc) is 3.41. The van der Waals surface area contributed by atoms with E-state index >= 15 is 0 Å². The van der Waals surface area contributed by atoms with Crippen LogP contribution in [0.3, 0.4) is 0 Å². The number of nitrogens with one attached hydrogen (secondary N) is 1. The van der Waals surface area contributed by atoms with E-state index in [1.165, 1.54) is 289 Å². The first-order valence-corrected chi connectivity index (χ1v) is 33.8. The zero-order valence-corrected chi connectivity index (χ0v) is 50.5. The van der Waals surface area contributed by atoms with Gasteiger partial charge in [-0.3, -0.25) is 9.59 Å². The first-order chi connectivity index (χ1) is 37.0. The highest BCUT2D eigenvalue weighted by Gasteiger charge is 2.18. The SMILES string of the molecule is CCCCCC/C=C\C/C=C\CCCCCCCC(=O)OCCCCCCCCCCCCCCCCCCCCCCCCCCCCCC(=O)NC(CO)C(O)/C=C/CCCCCCCCCCCCCCC. The van der Waals surface area contributed by atoms with Crippen molar-refractivity contribution in [2.45, 2.75) is 379 Å². The summed E-state index contributed by atoms with van der Waals surface area (Å²) in [4.78, 5) is 24.6. The van der Waals surface area contributed by atoms with E-state index in [1.807, 2.05) is 6.08 Å². The summed E-state index contributed by atoms with van der Waals surface area (Å²) >= 11 is 0. The Labute approximate surface area is 468 Å². The molecule has 0 fully saturated rings. The van der Waals surface area contributed by atoms with E-state index in [0.29, 0.717) is 19.4 Å². The van der Waals surface area contributed by atoms with Gasteiger partial charge in [0, 0.05) is 12.8 Å². The molecule has 2 atom stereocenters. The Balaban J connectivity index is 3.36. The predicted molar refractivity (Wildman–Crippen MR) is 329 cm³/mol. The molecule has 0 radical (unpaired) electrons. The van der Waals surface area contributed by atoms with Crippen molar-refractivity contribution in [3.05, 3.63) is 36.5 Å². The lowest BCUT2D eigenvalue weighted by molar-refractivity contribution is -0.143. The Morgan fingerprint density at radius 3 is 1.03 bits per heavy atom. The summed E-state index contributed by atoms with van der Waals surface area (Å²) in [5.41, 5.74) is 0. The number of allylic oxidation sites excluding steroid dienone is 5. The maximum absolute atomic E-state index is 12.5. The summed E-state index contributed by atoms with van der Waals surface area (Å²) in [6.45, 7) is 4.90.